The molecule has 5 aromatic carbocycles. The molecule has 6 rings (SSSR count). The van der Waals surface area contributed by atoms with Crippen LogP contribution in [0.1, 0.15) is 54.0 Å². The molecular weight excluding hydrogens is 745 g/mol. The fourth-order valence-electron chi connectivity index (χ4n) is 5.79. The predicted octanol–water partition coefficient (Wildman–Crippen LogP) is 10.9. The van der Waals surface area contributed by atoms with Crippen LogP contribution in [0.15, 0.2) is 109 Å². The van der Waals surface area contributed by atoms with E-state index >= 15 is 0 Å². The zero-order valence-corrected chi connectivity index (χ0v) is 30.2. The third kappa shape index (κ3) is 7.12. The van der Waals surface area contributed by atoms with Gasteiger partial charge < -0.3 is 5.11 Å². The Morgan fingerprint density at radius 2 is 1.41 bits per heavy atom. The van der Waals surface area contributed by atoms with E-state index in [1.807, 2.05) is 53.7 Å². The Hall–Kier alpha value is -4.18. The van der Waals surface area contributed by atoms with Crippen LogP contribution in [0.5, 0.6) is 0 Å². The number of hydrogen-bond donors (Lipinski definition) is 1. The van der Waals surface area contributed by atoms with E-state index in [-0.39, 0.29) is 37.1 Å². The first-order valence-corrected chi connectivity index (χ1v) is 15.4. The second-order valence-electron chi connectivity index (χ2n) is 13.7. The van der Waals surface area contributed by atoms with Gasteiger partial charge in [0.25, 0.3) is 0 Å². The summed E-state index contributed by atoms with van der Waals surface area (Å²) in [6, 6.07) is 35.1. The number of allylic oxidation sites excluding steroid dienone is 2. The number of Topliss-reactive ketones (excluding diaryl/α,β-unsaturated/α-hetero) is 1. The summed E-state index contributed by atoms with van der Waals surface area (Å²) in [5.41, 5.74) is 6.17. The van der Waals surface area contributed by atoms with Gasteiger partial charge in [-0.15, -0.1) is 35.4 Å². The maximum Gasteiger partial charge on any atom is 0.167 e. The predicted molar refractivity (Wildman–Crippen MR) is 188 cm³/mol. The average molecular weight is 786 g/mol. The van der Waals surface area contributed by atoms with E-state index < -0.39 is 5.41 Å². The Bertz CT molecular complexity index is 2070. The zero-order valence-electron chi connectivity index (χ0n) is 27.8. The first-order chi connectivity index (χ1) is 21.3. The Morgan fingerprint density at radius 1 is 0.739 bits per heavy atom. The number of aryl methyl sites for hydroxylation is 1. The fourth-order valence-corrected chi connectivity index (χ4v) is 5.79. The van der Waals surface area contributed by atoms with Gasteiger partial charge in [-0.05, 0) is 58.3 Å². The van der Waals surface area contributed by atoms with E-state index in [2.05, 4.69) is 96.8 Å². The first-order valence-electron chi connectivity index (χ1n) is 15.4. The molecule has 0 aliphatic carbocycles. The Labute approximate surface area is 286 Å². The van der Waals surface area contributed by atoms with Gasteiger partial charge >= 0.3 is 0 Å². The minimum Gasteiger partial charge on any atom is -0.511 e. The number of carbonyl (C=O) groups is 1. The van der Waals surface area contributed by atoms with Crippen LogP contribution in [0.3, 0.4) is 0 Å². The van der Waals surface area contributed by atoms with Crippen LogP contribution in [0.2, 0.25) is 0 Å². The Kier molecular flexibility index (Phi) is 10.3. The van der Waals surface area contributed by atoms with Gasteiger partial charge in [0.05, 0.1) is 5.52 Å². The SMILES string of the molecule is C/C(C(=O)C(C)(C)C)=C(/O)C(C)(C)C.Cc1c2ccccc2cc2ccc3c(-c4[c-]ccc(-c5ccccc5)c4)ncnc3c12.[Ir]. The van der Waals surface area contributed by atoms with Crippen molar-refractivity contribution in [1.29, 1.82) is 0 Å². The van der Waals surface area contributed by atoms with Gasteiger partial charge in [0.2, 0.25) is 0 Å². The average Bonchev–Trinajstić information content (AvgIpc) is 3.03. The van der Waals surface area contributed by atoms with Gasteiger partial charge in [0.15, 0.2) is 5.78 Å². The van der Waals surface area contributed by atoms with Crippen molar-refractivity contribution >= 4 is 38.2 Å². The van der Waals surface area contributed by atoms with E-state index in [4.69, 9.17) is 4.98 Å². The number of fused-ring (bicyclic) bond motifs is 4. The standard InChI is InChI=1S/C29H19N2.C12H22O2.Ir/c1-19-25-13-6-5-10-22(25)17-23-14-15-26-28(30-18-31-29(26)27(19)23)24-12-7-11-21(16-24)20-8-3-2-4-9-20;1-8(9(13)11(2,3)4)10(14)12(5,6)7;/h2-11,13-18H,1H3;13H,1-7H3;/q-1;;/b;9-8-;. The van der Waals surface area contributed by atoms with E-state index in [9.17, 15) is 9.90 Å². The minimum absolute atomic E-state index is 0. The monoisotopic (exact) mass is 786 g/mol. The van der Waals surface area contributed by atoms with Gasteiger partial charge in [-0.1, -0.05) is 108 Å². The number of aromatic nitrogens is 2. The molecule has 0 bridgehead atoms. The quantitative estimate of drug-likeness (QED) is 0.0638. The molecule has 4 nitrogen and oxygen atoms in total. The van der Waals surface area contributed by atoms with Gasteiger partial charge in [0.1, 0.15) is 12.1 Å². The number of carbonyl (C=O) groups excluding carboxylic acids is 1. The third-order valence-corrected chi connectivity index (χ3v) is 8.14. The molecule has 0 fully saturated rings. The summed E-state index contributed by atoms with van der Waals surface area (Å²) in [5, 5.41) is 15.8. The number of hydrogen-bond acceptors (Lipinski definition) is 4. The molecule has 6 aromatic rings. The molecular formula is C41H41IrN2O2-. The third-order valence-electron chi connectivity index (χ3n) is 8.14. The Balaban J connectivity index is 0.000000275. The molecule has 1 radical (unpaired) electrons. The minimum atomic E-state index is -0.427. The van der Waals surface area contributed by atoms with Crippen molar-refractivity contribution in [2.45, 2.75) is 55.4 Å². The molecule has 0 aliphatic rings. The summed E-state index contributed by atoms with van der Waals surface area (Å²) < 4.78 is 0. The van der Waals surface area contributed by atoms with Crippen molar-refractivity contribution in [2.75, 3.05) is 0 Å². The van der Waals surface area contributed by atoms with Crippen LogP contribution in [-0.2, 0) is 24.9 Å². The molecule has 0 aliphatic heterocycles. The summed E-state index contributed by atoms with van der Waals surface area (Å²) in [4.78, 5) is 21.2. The topological polar surface area (TPSA) is 63.1 Å². The van der Waals surface area contributed by atoms with Crippen molar-refractivity contribution < 1.29 is 30.0 Å². The summed E-state index contributed by atoms with van der Waals surface area (Å²) in [7, 11) is 0. The van der Waals surface area contributed by atoms with Crippen LogP contribution in [-0.4, -0.2) is 20.9 Å². The van der Waals surface area contributed by atoms with Crippen molar-refractivity contribution in [1.82, 2.24) is 9.97 Å². The molecule has 237 valence electrons. The first kappa shape index (κ1) is 34.7. The Morgan fingerprint density at radius 3 is 2.09 bits per heavy atom. The summed E-state index contributed by atoms with van der Waals surface area (Å²) in [6.07, 6.45) is 1.68. The number of ketones is 1. The van der Waals surface area contributed by atoms with Crippen molar-refractivity contribution in [3.63, 3.8) is 0 Å². The van der Waals surface area contributed by atoms with Crippen LogP contribution in [0.25, 0.3) is 54.8 Å². The van der Waals surface area contributed by atoms with Crippen LogP contribution in [0.4, 0.5) is 0 Å². The second-order valence-corrected chi connectivity index (χ2v) is 13.7. The van der Waals surface area contributed by atoms with Crippen LogP contribution >= 0.6 is 0 Å². The van der Waals surface area contributed by atoms with E-state index in [0.717, 1.165) is 27.7 Å². The largest absolute Gasteiger partial charge is 0.511 e. The summed E-state index contributed by atoms with van der Waals surface area (Å²) >= 11 is 0. The molecule has 1 N–H and O–H groups in total. The molecule has 0 amide bonds. The molecule has 0 saturated carbocycles. The van der Waals surface area contributed by atoms with Crippen molar-refractivity contribution in [3.05, 3.63) is 120 Å². The molecule has 1 heterocycles. The summed E-state index contributed by atoms with van der Waals surface area (Å²) in [5.74, 6) is 0.197. The maximum absolute atomic E-state index is 11.8. The molecule has 0 unspecified atom stereocenters. The van der Waals surface area contributed by atoms with E-state index in [1.165, 1.54) is 32.7 Å². The van der Waals surface area contributed by atoms with Gasteiger partial charge in [-0.2, -0.15) is 0 Å². The molecule has 1 aromatic heterocycles. The number of benzene rings is 5. The smallest absolute Gasteiger partial charge is 0.167 e. The molecule has 5 heteroatoms. The molecule has 46 heavy (non-hydrogen) atoms. The summed E-state index contributed by atoms with van der Waals surface area (Å²) in [6.45, 7) is 15.1. The number of aliphatic hydroxyl groups excluding tert-OH is 1. The van der Waals surface area contributed by atoms with E-state index in [0.29, 0.717) is 5.57 Å². The van der Waals surface area contributed by atoms with Gasteiger partial charge in [0, 0.05) is 41.9 Å². The fraction of sp³-hybridized carbons (Fsp3) is 0.244. The normalized spacial score (nSPS) is 12.3. The molecule has 0 saturated heterocycles. The van der Waals surface area contributed by atoms with Crippen LogP contribution in [0, 0.1) is 23.8 Å². The van der Waals surface area contributed by atoms with Gasteiger partial charge in [-0.3, -0.25) is 9.78 Å². The second kappa shape index (κ2) is 13.7. The molecule has 0 spiro atoms. The van der Waals surface area contributed by atoms with Crippen molar-refractivity contribution in [3.8, 4) is 22.4 Å². The van der Waals surface area contributed by atoms with Gasteiger partial charge in [-0.25, -0.2) is 4.98 Å². The number of rotatable bonds is 3. The maximum atomic E-state index is 11.8. The van der Waals surface area contributed by atoms with Crippen molar-refractivity contribution in [2.24, 2.45) is 10.8 Å². The zero-order chi connectivity index (χ0) is 32.5. The van der Waals surface area contributed by atoms with Crippen LogP contribution < -0.4 is 0 Å². The number of nitrogens with zero attached hydrogens (tertiary/aromatic N) is 2. The van der Waals surface area contributed by atoms with E-state index in [1.54, 1.807) is 13.3 Å². The number of aliphatic hydroxyl groups is 1. The molecule has 0 atom stereocenters.